The normalized spacial score (nSPS) is 12.4. The average molecular weight is 303 g/mol. The van der Waals surface area contributed by atoms with Gasteiger partial charge in [-0.05, 0) is 32.0 Å². The van der Waals surface area contributed by atoms with Gasteiger partial charge in [0.05, 0.1) is 11.7 Å². The zero-order chi connectivity index (χ0) is 16.2. The fourth-order valence-corrected chi connectivity index (χ4v) is 1.42. The minimum Gasteiger partial charge on any atom is -0.489 e. The number of rotatable bonds is 3. The van der Waals surface area contributed by atoms with E-state index in [0.29, 0.717) is 0 Å². The second kappa shape index (κ2) is 6.33. The van der Waals surface area contributed by atoms with Gasteiger partial charge in [-0.15, -0.1) is 0 Å². The molecular formula is C12H16F3N5O. The number of halogens is 3. The Balaban J connectivity index is 3.32. The van der Waals surface area contributed by atoms with E-state index in [-0.39, 0.29) is 29.5 Å². The molecule has 0 saturated carbocycles. The van der Waals surface area contributed by atoms with Gasteiger partial charge in [-0.1, -0.05) is 0 Å². The molecule has 0 amide bonds. The Hall–Kier alpha value is -2.45. The highest BCUT2D eigenvalue weighted by atomic mass is 19.4. The van der Waals surface area contributed by atoms with E-state index in [0.717, 1.165) is 12.1 Å². The fourth-order valence-electron chi connectivity index (χ4n) is 1.42. The molecule has 6 nitrogen and oxygen atoms in total. The predicted molar refractivity (Wildman–Crippen MR) is 74.3 cm³/mol. The summed E-state index contributed by atoms with van der Waals surface area (Å²) in [5.41, 5.74) is 14.7. The predicted octanol–water partition coefficient (Wildman–Crippen LogP) is 1.71. The first kappa shape index (κ1) is 16.6. The Morgan fingerprint density at radius 1 is 1.19 bits per heavy atom. The van der Waals surface area contributed by atoms with Gasteiger partial charge in [-0.2, -0.15) is 18.2 Å². The maximum atomic E-state index is 12.7. The number of benzene rings is 1. The van der Waals surface area contributed by atoms with Crippen molar-refractivity contribution in [2.75, 3.05) is 0 Å². The van der Waals surface area contributed by atoms with Gasteiger partial charge in [0.15, 0.2) is 5.96 Å². The lowest BCUT2D eigenvalue weighted by molar-refractivity contribution is -0.137. The third-order valence-electron chi connectivity index (χ3n) is 2.13. The summed E-state index contributed by atoms with van der Waals surface area (Å²) in [6, 6.07) is 2.88. The largest absolute Gasteiger partial charge is 0.489 e. The van der Waals surface area contributed by atoms with Crippen LogP contribution in [0.3, 0.4) is 0 Å². The number of hydrogen-bond acceptors (Lipinski definition) is 2. The molecule has 0 aliphatic heterocycles. The van der Waals surface area contributed by atoms with Gasteiger partial charge < -0.3 is 21.9 Å². The summed E-state index contributed by atoms with van der Waals surface area (Å²) in [7, 11) is 0. The van der Waals surface area contributed by atoms with E-state index < -0.39 is 11.7 Å². The average Bonchev–Trinajstić information content (AvgIpc) is 2.28. The van der Waals surface area contributed by atoms with Crippen LogP contribution in [0.15, 0.2) is 28.2 Å². The summed E-state index contributed by atoms with van der Waals surface area (Å²) in [6.07, 6.45) is -4.76. The number of nitrogens with two attached hydrogens (primary N) is 3. The van der Waals surface area contributed by atoms with E-state index in [1.165, 1.54) is 6.07 Å². The van der Waals surface area contributed by atoms with E-state index >= 15 is 0 Å². The standard InChI is InChI=1S/C12H16F3N5O/c1-6(2)21-9-4-3-7(12(13,14)15)5-8(9)19-11(18)20-10(16)17/h3-6H,1-2H3,(H6,16,17,18,19,20). The van der Waals surface area contributed by atoms with Crippen molar-refractivity contribution < 1.29 is 17.9 Å². The van der Waals surface area contributed by atoms with Crippen molar-refractivity contribution in [1.82, 2.24) is 0 Å². The lowest BCUT2D eigenvalue weighted by Gasteiger charge is -2.14. The maximum Gasteiger partial charge on any atom is 0.416 e. The molecule has 1 aromatic rings. The van der Waals surface area contributed by atoms with Gasteiger partial charge in [-0.3, -0.25) is 0 Å². The van der Waals surface area contributed by atoms with Crippen LogP contribution < -0.4 is 21.9 Å². The van der Waals surface area contributed by atoms with Crippen molar-refractivity contribution in [3.63, 3.8) is 0 Å². The van der Waals surface area contributed by atoms with Gasteiger partial charge in [0.1, 0.15) is 11.4 Å². The SMILES string of the molecule is CC(C)Oc1ccc(C(F)(F)F)cc1N=C(N)N=C(N)N. The van der Waals surface area contributed by atoms with Crippen molar-refractivity contribution in [2.24, 2.45) is 27.2 Å². The molecule has 116 valence electrons. The second-order valence-electron chi connectivity index (χ2n) is 4.35. The van der Waals surface area contributed by atoms with Gasteiger partial charge in [0.2, 0.25) is 5.96 Å². The third kappa shape index (κ3) is 5.21. The molecule has 0 heterocycles. The molecule has 1 aromatic carbocycles. The minimum absolute atomic E-state index is 0.110. The molecule has 21 heavy (non-hydrogen) atoms. The van der Waals surface area contributed by atoms with Crippen LogP contribution >= 0.6 is 0 Å². The number of nitrogens with zero attached hydrogens (tertiary/aromatic N) is 2. The van der Waals surface area contributed by atoms with Crippen LogP contribution in [-0.4, -0.2) is 18.0 Å². The van der Waals surface area contributed by atoms with Crippen molar-refractivity contribution in [1.29, 1.82) is 0 Å². The highest BCUT2D eigenvalue weighted by Crippen LogP contribution is 2.36. The molecule has 9 heteroatoms. The van der Waals surface area contributed by atoms with Crippen molar-refractivity contribution in [2.45, 2.75) is 26.1 Å². The molecule has 0 saturated heterocycles. The number of aliphatic imine (C=N–C) groups is 2. The molecule has 0 aromatic heterocycles. The van der Waals surface area contributed by atoms with Gasteiger partial charge in [0.25, 0.3) is 0 Å². The summed E-state index contributed by atoms with van der Waals surface area (Å²) in [5, 5.41) is 0. The van der Waals surface area contributed by atoms with Crippen LogP contribution in [0.25, 0.3) is 0 Å². The maximum absolute atomic E-state index is 12.7. The van der Waals surface area contributed by atoms with Gasteiger partial charge in [0, 0.05) is 0 Å². The molecule has 0 bridgehead atoms. The lowest BCUT2D eigenvalue weighted by atomic mass is 10.2. The Labute approximate surface area is 119 Å². The van der Waals surface area contributed by atoms with E-state index in [9.17, 15) is 13.2 Å². The molecule has 0 unspecified atom stereocenters. The van der Waals surface area contributed by atoms with Gasteiger partial charge in [-0.25, -0.2) is 4.99 Å². The molecule has 0 fully saturated rings. The molecule has 1 rings (SSSR count). The number of ether oxygens (including phenoxy) is 1. The van der Waals surface area contributed by atoms with E-state index in [2.05, 4.69) is 9.98 Å². The summed E-state index contributed by atoms with van der Waals surface area (Å²) < 4.78 is 43.5. The van der Waals surface area contributed by atoms with Gasteiger partial charge >= 0.3 is 6.18 Å². The minimum atomic E-state index is -4.51. The molecule has 0 aliphatic carbocycles. The van der Waals surface area contributed by atoms with E-state index in [4.69, 9.17) is 21.9 Å². The molecule has 6 N–H and O–H groups in total. The van der Waals surface area contributed by atoms with E-state index in [1.807, 2.05) is 0 Å². The third-order valence-corrected chi connectivity index (χ3v) is 2.13. The van der Waals surface area contributed by atoms with E-state index in [1.54, 1.807) is 13.8 Å². The smallest absolute Gasteiger partial charge is 0.416 e. The fraction of sp³-hybridized carbons (Fsp3) is 0.333. The van der Waals surface area contributed by atoms with Crippen LogP contribution in [0, 0.1) is 0 Å². The quantitative estimate of drug-likeness (QED) is 0.583. The first-order chi connectivity index (χ1) is 9.59. The van der Waals surface area contributed by atoms with Crippen LogP contribution in [0.5, 0.6) is 5.75 Å². The van der Waals surface area contributed by atoms with Crippen LogP contribution in [0.2, 0.25) is 0 Å². The number of guanidine groups is 2. The molecule has 0 spiro atoms. The Morgan fingerprint density at radius 3 is 2.29 bits per heavy atom. The highest BCUT2D eigenvalue weighted by molar-refractivity contribution is 5.93. The summed E-state index contributed by atoms with van der Waals surface area (Å²) in [4.78, 5) is 7.20. The number of hydrogen-bond donors (Lipinski definition) is 3. The van der Waals surface area contributed by atoms with Crippen LogP contribution in [0.4, 0.5) is 18.9 Å². The Kier molecular flexibility index (Phi) is 5.01. The zero-order valence-electron chi connectivity index (χ0n) is 11.5. The summed E-state index contributed by atoms with van der Waals surface area (Å²) in [5.74, 6) is -0.579. The summed E-state index contributed by atoms with van der Waals surface area (Å²) in [6.45, 7) is 3.45. The Morgan fingerprint density at radius 2 is 1.81 bits per heavy atom. The molecule has 0 aliphatic rings. The monoisotopic (exact) mass is 303 g/mol. The Bertz CT molecular complexity index is 563. The van der Waals surface area contributed by atoms with Crippen LogP contribution in [-0.2, 0) is 6.18 Å². The zero-order valence-corrected chi connectivity index (χ0v) is 11.5. The molecule has 0 radical (unpaired) electrons. The lowest BCUT2D eigenvalue weighted by Crippen LogP contribution is -2.26. The highest BCUT2D eigenvalue weighted by Gasteiger charge is 2.31. The van der Waals surface area contributed by atoms with Crippen molar-refractivity contribution in [3.8, 4) is 5.75 Å². The van der Waals surface area contributed by atoms with Crippen molar-refractivity contribution >= 4 is 17.6 Å². The first-order valence-corrected chi connectivity index (χ1v) is 5.91. The van der Waals surface area contributed by atoms with Crippen molar-refractivity contribution in [3.05, 3.63) is 23.8 Å². The molecular weight excluding hydrogens is 287 g/mol. The first-order valence-electron chi connectivity index (χ1n) is 5.91. The topological polar surface area (TPSA) is 112 Å². The molecule has 0 atom stereocenters. The van der Waals surface area contributed by atoms with Crippen LogP contribution in [0.1, 0.15) is 19.4 Å². The second-order valence-corrected chi connectivity index (χ2v) is 4.35. The number of alkyl halides is 3. The summed E-state index contributed by atoms with van der Waals surface area (Å²) >= 11 is 0.